The monoisotopic (exact) mass is 259 g/mol. The van der Waals surface area contributed by atoms with Gasteiger partial charge in [-0.15, -0.1) is 0 Å². The van der Waals surface area contributed by atoms with Crippen molar-refractivity contribution < 1.29 is 9.13 Å². The summed E-state index contributed by atoms with van der Waals surface area (Å²) in [5, 5.41) is 3.23. The van der Waals surface area contributed by atoms with E-state index in [0.717, 1.165) is 22.4 Å². The van der Waals surface area contributed by atoms with Gasteiger partial charge in [0.05, 0.1) is 13.2 Å². The van der Waals surface area contributed by atoms with Gasteiger partial charge in [0.15, 0.2) is 0 Å². The van der Waals surface area contributed by atoms with Crippen molar-refractivity contribution in [2.45, 2.75) is 13.0 Å². The number of ether oxygens (including phenoxy) is 1. The lowest BCUT2D eigenvalue weighted by atomic mass is 9.95. The van der Waals surface area contributed by atoms with E-state index in [1.54, 1.807) is 19.2 Å². The van der Waals surface area contributed by atoms with Crippen LogP contribution in [0.4, 0.5) is 4.39 Å². The van der Waals surface area contributed by atoms with Crippen LogP contribution in [0.25, 0.3) is 0 Å². The van der Waals surface area contributed by atoms with Crippen molar-refractivity contribution in [2.24, 2.45) is 0 Å². The summed E-state index contributed by atoms with van der Waals surface area (Å²) in [6.45, 7) is 2.03. The van der Waals surface area contributed by atoms with Crippen LogP contribution < -0.4 is 10.1 Å². The fraction of sp³-hybridized carbons (Fsp3) is 0.250. The molecule has 1 unspecified atom stereocenters. The van der Waals surface area contributed by atoms with Crippen LogP contribution in [0, 0.1) is 12.7 Å². The minimum atomic E-state index is -0.219. The number of nitrogens with one attached hydrogen (secondary N) is 1. The highest BCUT2D eigenvalue weighted by atomic mass is 19.1. The van der Waals surface area contributed by atoms with E-state index in [1.165, 1.54) is 6.07 Å². The second-order valence-electron chi connectivity index (χ2n) is 4.50. The van der Waals surface area contributed by atoms with Crippen molar-refractivity contribution in [1.82, 2.24) is 5.32 Å². The van der Waals surface area contributed by atoms with Gasteiger partial charge < -0.3 is 10.1 Å². The predicted molar refractivity (Wildman–Crippen MR) is 75.0 cm³/mol. The first-order valence-corrected chi connectivity index (χ1v) is 6.23. The summed E-state index contributed by atoms with van der Waals surface area (Å²) < 4.78 is 18.6. The lowest BCUT2D eigenvalue weighted by Gasteiger charge is -2.20. The van der Waals surface area contributed by atoms with E-state index in [1.807, 2.05) is 38.2 Å². The second kappa shape index (κ2) is 5.85. The molecule has 0 saturated carbocycles. The van der Waals surface area contributed by atoms with Gasteiger partial charge in [0.2, 0.25) is 0 Å². The van der Waals surface area contributed by atoms with Gasteiger partial charge in [-0.2, -0.15) is 0 Å². The van der Waals surface area contributed by atoms with Crippen molar-refractivity contribution in [3.8, 4) is 5.75 Å². The predicted octanol–water partition coefficient (Wildman–Crippen LogP) is 3.45. The van der Waals surface area contributed by atoms with Gasteiger partial charge >= 0.3 is 0 Å². The highest BCUT2D eigenvalue weighted by molar-refractivity contribution is 5.41. The Bertz CT molecular complexity index is 568. The third-order valence-corrected chi connectivity index (χ3v) is 3.26. The Kier molecular flexibility index (Phi) is 4.17. The molecule has 2 rings (SSSR count). The van der Waals surface area contributed by atoms with Crippen LogP contribution in [-0.4, -0.2) is 14.2 Å². The van der Waals surface area contributed by atoms with Gasteiger partial charge in [0.25, 0.3) is 0 Å². The molecular weight excluding hydrogens is 241 g/mol. The highest BCUT2D eigenvalue weighted by Gasteiger charge is 2.15. The van der Waals surface area contributed by atoms with E-state index in [9.17, 15) is 4.39 Å². The molecule has 100 valence electrons. The molecule has 0 aromatic heterocycles. The lowest BCUT2D eigenvalue weighted by molar-refractivity contribution is 0.414. The van der Waals surface area contributed by atoms with Gasteiger partial charge in [-0.3, -0.25) is 0 Å². The first-order valence-electron chi connectivity index (χ1n) is 6.23. The molecule has 2 nitrogen and oxygen atoms in total. The van der Waals surface area contributed by atoms with E-state index in [-0.39, 0.29) is 11.9 Å². The standard InChI is InChI=1S/C16H18FNO/c1-11-9-14(19-3)7-8-15(11)16(18-2)12-5-4-6-13(17)10-12/h4-10,16,18H,1-3H3. The summed E-state index contributed by atoms with van der Waals surface area (Å²) >= 11 is 0. The van der Waals surface area contributed by atoms with Gasteiger partial charge in [-0.05, 0) is 54.9 Å². The van der Waals surface area contributed by atoms with Crippen LogP contribution in [0.1, 0.15) is 22.7 Å². The zero-order chi connectivity index (χ0) is 13.8. The van der Waals surface area contributed by atoms with Gasteiger partial charge in [0.1, 0.15) is 11.6 Å². The molecule has 2 aromatic carbocycles. The summed E-state index contributed by atoms with van der Waals surface area (Å²) in [5.41, 5.74) is 3.15. The topological polar surface area (TPSA) is 21.3 Å². The molecule has 0 heterocycles. The largest absolute Gasteiger partial charge is 0.497 e. The number of rotatable bonds is 4. The minimum Gasteiger partial charge on any atom is -0.497 e. The van der Waals surface area contributed by atoms with Crippen molar-refractivity contribution >= 4 is 0 Å². The first-order chi connectivity index (χ1) is 9.15. The Morgan fingerprint density at radius 1 is 1.16 bits per heavy atom. The maximum atomic E-state index is 13.4. The van der Waals surface area contributed by atoms with E-state index in [0.29, 0.717) is 0 Å². The fourth-order valence-electron chi connectivity index (χ4n) is 2.29. The van der Waals surface area contributed by atoms with Crippen molar-refractivity contribution in [3.05, 3.63) is 65.0 Å². The zero-order valence-electron chi connectivity index (χ0n) is 11.4. The molecule has 1 N–H and O–H groups in total. The summed E-state index contributed by atoms with van der Waals surface area (Å²) in [5.74, 6) is 0.610. The first kappa shape index (κ1) is 13.6. The summed E-state index contributed by atoms with van der Waals surface area (Å²) in [6, 6.07) is 12.6. The molecule has 0 aliphatic rings. The Morgan fingerprint density at radius 2 is 1.95 bits per heavy atom. The molecule has 3 heteroatoms. The Morgan fingerprint density at radius 3 is 2.53 bits per heavy atom. The van der Waals surface area contributed by atoms with E-state index >= 15 is 0 Å². The number of hydrogen-bond donors (Lipinski definition) is 1. The van der Waals surface area contributed by atoms with Crippen LogP contribution in [0.3, 0.4) is 0 Å². The van der Waals surface area contributed by atoms with Crippen LogP contribution in [0.5, 0.6) is 5.75 Å². The van der Waals surface area contributed by atoms with Gasteiger partial charge in [-0.1, -0.05) is 18.2 Å². The molecule has 0 aliphatic carbocycles. The van der Waals surface area contributed by atoms with Crippen LogP contribution >= 0.6 is 0 Å². The minimum absolute atomic E-state index is 0.0263. The zero-order valence-corrected chi connectivity index (χ0v) is 11.4. The van der Waals surface area contributed by atoms with Crippen LogP contribution in [0.15, 0.2) is 42.5 Å². The normalized spacial score (nSPS) is 12.2. The number of halogens is 1. The molecule has 0 saturated heterocycles. The maximum Gasteiger partial charge on any atom is 0.123 e. The van der Waals surface area contributed by atoms with Crippen LogP contribution in [0.2, 0.25) is 0 Å². The third kappa shape index (κ3) is 2.93. The molecule has 1 atom stereocenters. The van der Waals surface area contributed by atoms with Gasteiger partial charge in [0, 0.05) is 0 Å². The lowest BCUT2D eigenvalue weighted by Crippen LogP contribution is -2.18. The third-order valence-electron chi connectivity index (χ3n) is 3.26. The number of methoxy groups -OCH3 is 1. The number of benzene rings is 2. The molecule has 0 aliphatic heterocycles. The second-order valence-corrected chi connectivity index (χ2v) is 4.50. The van der Waals surface area contributed by atoms with E-state index in [4.69, 9.17) is 4.74 Å². The molecule has 0 radical (unpaired) electrons. The average molecular weight is 259 g/mol. The summed E-state index contributed by atoms with van der Waals surface area (Å²) in [6.07, 6.45) is 0. The molecular formula is C16H18FNO. The Balaban J connectivity index is 2.42. The molecule has 0 bridgehead atoms. The van der Waals surface area contributed by atoms with Gasteiger partial charge in [-0.25, -0.2) is 4.39 Å². The molecule has 0 fully saturated rings. The van der Waals surface area contributed by atoms with Crippen molar-refractivity contribution in [3.63, 3.8) is 0 Å². The van der Waals surface area contributed by atoms with Crippen LogP contribution in [-0.2, 0) is 0 Å². The molecule has 0 spiro atoms. The quantitative estimate of drug-likeness (QED) is 0.908. The van der Waals surface area contributed by atoms with Crippen molar-refractivity contribution in [2.75, 3.05) is 14.2 Å². The molecule has 2 aromatic rings. The summed E-state index contributed by atoms with van der Waals surface area (Å²) in [4.78, 5) is 0. The highest BCUT2D eigenvalue weighted by Crippen LogP contribution is 2.27. The fourth-order valence-corrected chi connectivity index (χ4v) is 2.29. The Hall–Kier alpha value is -1.87. The Labute approximate surface area is 113 Å². The van der Waals surface area contributed by atoms with E-state index < -0.39 is 0 Å². The smallest absolute Gasteiger partial charge is 0.123 e. The maximum absolute atomic E-state index is 13.4. The average Bonchev–Trinajstić information content (AvgIpc) is 2.41. The van der Waals surface area contributed by atoms with E-state index in [2.05, 4.69) is 5.32 Å². The molecule has 19 heavy (non-hydrogen) atoms. The molecule has 0 amide bonds. The van der Waals surface area contributed by atoms with Crippen molar-refractivity contribution in [1.29, 1.82) is 0 Å². The number of hydrogen-bond acceptors (Lipinski definition) is 2. The summed E-state index contributed by atoms with van der Waals surface area (Å²) in [7, 11) is 3.52. The SMILES string of the molecule is CNC(c1cccc(F)c1)c1ccc(OC)cc1C. The number of aryl methyl sites for hydroxylation is 1.